The lowest BCUT2D eigenvalue weighted by molar-refractivity contribution is -0.152. The van der Waals surface area contributed by atoms with Crippen molar-refractivity contribution in [2.24, 2.45) is 0 Å². The smallest absolute Gasteiger partial charge is 0.374 e. The van der Waals surface area contributed by atoms with Gasteiger partial charge in [-0.25, -0.2) is 0 Å². The summed E-state index contributed by atoms with van der Waals surface area (Å²) in [5.74, 6) is -0.335. The molecule has 0 saturated carbocycles. The standard InChI is InChI=1S/C21H19F3N6O3S/c22-21(23,24)17-3-4-28-19(32)7-18(29-8-13-6-12(29)10-33-13)25-20(28)30(17)9-16(31)11-1-2-14-15(5-11)27-34-26-14/h1-2,5,7,12-13,17H,3-4,6,8-10H2/t12-,13-,17-/m0/s1. The molecule has 3 atom stereocenters. The number of hydrogen-bond acceptors (Lipinski definition) is 9. The van der Waals surface area contributed by atoms with Gasteiger partial charge in [-0.05, 0) is 31.0 Å². The Bertz CT molecular complexity index is 1340. The van der Waals surface area contributed by atoms with Crippen molar-refractivity contribution in [2.75, 3.05) is 29.5 Å². The number of rotatable bonds is 4. The van der Waals surface area contributed by atoms with Gasteiger partial charge >= 0.3 is 6.18 Å². The number of anilines is 2. The van der Waals surface area contributed by atoms with Crippen LogP contribution in [0.15, 0.2) is 29.1 Å². The molecule has 3 aliphatic rings. The van der Waals surface area contributed by atoms with Gasteiger partial charge in [0.05, 0.1) is 37.0 Å². The molecule has 178 valence electrons. The third kappa shape index (κ3) is 3.54. The Labute approximate surface area is 195 Å². The van der Waals surface area contributed by atoms with Crippen LogP contribution < -0.4 is 15.4 Å². The van der Waals surface area contributed by atoms with Crippen LogP contribution in [0.4, 0.5) is 24.9 Å². The molecule has 2 fully saturated rings. The maximum Gasteiger partial charge on any atom is 0.408 e. The van der Waals surface area contributed by atoms with Gasteiger partial charge in [-0.3, -0.25) is 14.2 Å². The molecule has 2 aromatic heterocycles. The number of aromatic nitrogens is 4. The zero-order valence-corrected chi connectivity index (χ0v) is 18.6. The van der Waals surface area contributed by atoms with Crippen LogP contribution in [0.2, 0.25) is 0 Å². The minimum atomic E-state index is -4.59. The van der Waals surface area contributed by atoms with Crippen LogP contribution in [0.3, 0.4) is 0 Å². The van der Waals surface area contributed by atoms with E-state index in [2.05, 4.69) is 13.7 Å². The Kier molecular flexibility index (Phi) is 4.88. The van der Waals surface area contributed by atoms with Gasteiger partial charge in [0.15, 0.2) is 5.78 Å². The number of alkyl halides is 3. The van der Waals surface area contributed by atoms with Crippen molar-refractivity contribution in [1.82, 2.24) is 18.3 Å². The zero-order valence-electron chi connectivity index (χ0n) is 17.7. The van der Waals surface area contributed by atoms with E-state index in [1.54, 1.807) is 6.07 Å². The molecular formula is C21H19F3N6O3S. The lowest BCUT2D eigenvalue weighted by Crippen LogP contribution is -2.54. The summed E-state index contributed by atoms with van der Waals surface area (Å²) >= 11 is 0.992. The summed E-state index contributed by atoms with van der Waals surface area (Å²) in [5, 5.41) is 0. The van der Waals surface area contributed by atoms with Gasteiger partial charge in [0.25, 0.3) is 5.56 Å². The fourth-order valence-corrected chi connectivity index (χ4v) is 5.53. The lowest BCUT2D eigenvalue weighted by Gasteiger charge is -2.39. The van der Waals surface area contributed by atoms with Crippen molar-refractivity contribution < 1.29 is 22.7 Å². The van der Waals surface area contributed by atoms with Gasteiger partial charge in [-0.15, -0.1) is 0 Å². The minimum Gasteiger partial charge on any atom is -0.374 e. The van der Waals surface area contributed by atoms with E-state index in [9.17, 15) is 22.8 Å². The number of hydrogen-bond donors (Lipinski definition) is 0. The molecule has 0 N–H and O–H groups in total. The topological polar surface area (TPSA) is 93.5 Å². The molecule has 6 rings (SSSR count). The van der Waals surface area contributed by atoms with Crippen LogP contribution >= 0.6 is 11.7 Å². The van der Waals surface area contributed by atoms with Gasteiger partial charge in [-0.2, -0.15) is 26.9 Å². The van der Waals surface area contributed by atoms with Gasteiger partial charge < -0.3 is 14.5 Å². The molecule has 13 heteroatoms. The maximum absolute atomic E-state index is 14.0. The van der Waals surface area contributed by atoms with Gasteiger partial charge in [0.2, 0.25) is 5.95 Å². The number of benzene rings is 1. The van der Waals surface area contributed by atoms with Crippen molar-refractivity contribution >= 4 is 40.3 Å². The molecule has 0 spiro atoms. The third-order valence-electron chi connectivity index (χ3n) is 6.70. The first-order chi connectivity index (χ1) is 16.3. The molecule has 0 radical (unpaired) electrons. The SMILES string of the molecule is O=C(CN1c2nc(N3C[C@@H]4C[C@H]3CO4)cc(=O)n2CC[C@H]1C(F)(F)F)c1ccc2nsnc2c1. The Morgan fingerprint density at radius 1 is 1.21 bits per heavy atom. The minimum absolute atomic E-state index is 0.0290. The van der Waals surface area contributed by atoms with Crippen molar-refractivity contribution in [2.45, 2.75) is 43.8 Å². The summed E-state index contributed by atoms with van der Waals surface area (Å²) in [5.41, 5.74) is 0.910. The van der Waals surface area contributed by atoms with Gasteiger partial charge in [0.1, 0.15) is 22.9 Å². The van der Waals surface area contributed by atoms with E-state index >= 15 is 0 Å². The summed E-state index contributed by atoms with van der Waals surface area (Å²) in [4.78, 5) is 33.3. The first-order valence-electron chi connectivity index (χ1n) is 10.9. The summed E-state index contributed by atoms with van der Waals surface area (Å²) in [6.45, 7) is 0.330. The normalized spacial score (nSPS) is 24.1. The molecular weight excluding hydrogens is 473 g/mol. The van der Waals surface area contributed by atoms with Crippen LogP contribution in [0.5, 0.6) is 0 Å². The number of ketones is 1. The van der Waals surface area contributed by atoms with Crippen LogP contribution in [-0.2, 0) is 11.3 Å². The number of halogens is 3. The van der Waals surface area contributed by atoms with Crippen LogP contribution in [0, 0.1) is 0 Å². The number of Topliss-reactive ketones (excluding diaryl/α,β-unsaturated/α-hetero) is 1. The zero-order chi connectivity index (χ0) is 23.6. The monoisotopic (exact) mass is 492 g/mol. The summed E-state index contributed by atoms with van der Waals surface area (Å²) < 4.78 is 57.0. The fraction of sp³-hybridized carbons (Fsp3) is 0.476. The Morgan fingerprint density at radius 3 is 2.76 bits per heavy atom. The van der Waals surface area contributed by atoms with Gasteiger partial charge in [-0.1, -0.05) is 0 Å². The van der Waals surface area contributed by atoms with E-state index in [4.69, 9.17) is 4.74 Å². The Balaban J connectivity index is 1.39. The van der Waals surface area contributed by atoms with E-state index in [1.807, 2.05) is 4.90 Å². The van der Waals surface area contributed by atoms with Crippen molar-refractivity contribution in [3.63, 3.8) is 0 Å². The predicted octanol–water partition coefficient (Wildman–Crippen LogP) is 2.25. The number of ether oxygens (including phenoxy) is 1. The fourth-order valence-electron chi connectivity index (χ4n) is 5.01. The van der Waals surface area contributed by atoms with E-state index in [0.29, 0.717) is 30.0 Å². The molecule has 0 aliphatic carbocycles. The van der Waals surface area contributed by atoms with E-state index in [0.717, 1.165) is 23.0 Å². The van der Waals surface area contributed by atoms with Crippen LogP contribution in [0.25, 0.3) is 11.0 Å². The molecule has 0 amide bonds. The molecule has 3 aliphatic heterocycles. The molecule has 2 saturated heterocycles. The van der Waals surface area contributed by atoms with E-state index in [1.165, 1.54) is 22.8 Å². The number of nitrogens with zero attached hydrogens (tertiary/aromatic N) is 6. The highest BCUT2D eigenvalue weighted by molar-refractivity contribution is 7.00. The van der Waals surface area contributed by atoms with Crippen molar-refractivity contribution in [1.29, 1.82) is 0 Å². The number of morpholine rings is 1. The average molecular weight is 492 g/mol. The highest BCUT2D eigenvalue weighted by Crippen LogP contribution is 2.36. The Morgan fingerprint density at radius 2 is 2.03 bits per heavy atom. The molecule has 0 unspecified atom stereocenters. The van der Waals surface area contributed by atoms with E-state index in [-0.39, 0.29) is 36.6 Å². The molecule has 9 nitrogen and oxygen atoms in total. The first kappa shape index (κ1) is 21.5. The van der Waals surface area contributed by atoms with Crippen molar-refractivity contribution in [3.05, 3.63) is 40.2 Å². The summed E-state index contributed by atoms with van der Waals surface area (Å²) in [6.07, 6.45) is -4.12. The molecule has 1 aromatic carbocycles. The molecule has 5 heterocycles. The number of fused-ring (bicyclic) bond motifs is 4. The number of carbonyl (C=O) groups is 1. The quantitative estimate of drug-likeness (QED) is 0.512. The molecule has 34 heavy (non-hydrogen) atoms. The lowest BCUT2D eigenvalue weighted by atomic mass is 10.1. The van der Waals surface area contributed by atoms with E-state index < -0.39 is 30.1 Å². The second-order valence-corrected chi connectivity index (χ2v) is 9.29. The average Bonchev–Trinajstić information content (AvgIpc) is 3.55. The highest BCUT2D eigenvalue weighted by Gasteiger charge is 2.48. The summed E-state index contributed by atoms with van der Waals surface area (Å²) in [6, 6.07) is 4.13. The maximum atomic E-state index is 14.0. The molecule has 3 aromatic rings. The molecule has 2 bridgehead atoms. The predicted molar refractivity (Wildman–Crippen MR) is 118 cm³/mol. The van der Waals surface area contributed by atoms with Crippen LogP contribution in [0.1, 0.15) is 23.2 Å². The van der Waals surface area contributed by atoms with Crippen LogP contribution in [-0.4, -0.2) is 68.1 Å². The first-order valence-corrected chi connectivity index (χ1v) is 11.6. The largest absolute Gasteiger partial charge is 0.408 e. The van der Waals surface area contributed by atoms with Gasteiger partial charge in [0, 0.05) is 24.7 Å². The Hall–Kier alpha value is -3.06. The number of carbonyl (C=O) groups excluding carboxylic acids is 1. The third-order valence-corrected chi connectivity index (χ3v) is 7.25. The second kappa shape index (κ2) is 7.73. The summed E-state index contributed by atoms with van der Waals surface area (Å²) in [7, 11) is 0. The van der Waals surface area contributed by atoms with Crippen molar-refractivity contribution in [3.8, 4) is 0 Å². The highest BCUT2D eigenvalue weighted by atomic mass is 32.1. The second-order valence-electron chi connectivity index (χ2n) is 8.77.